The molecule has 184 valence electrons. The molecule has 0 amide bonds. The largest absolute Gasteiger partial charge is 0.306 e. The molecule has 0 spiro atoms. The fraction of sp³-hybridized carbons (Fsp3) is 0.321. The maximum absolute atomic E-state index is 4.88. The van der Waals surface area contributed by atoms with E-state index in [1.165, 1.54) is 5.56 Å². The number of hydrogen-bond donors (Lipinski definition) is 1. The van der Waals surface area contributed by atoms with Crippen molar-refractivity contribution in [3.63, 3.8) is 0 Å². The number of aromatic nitrogens is 8. The van der Waals surface area contributed by atoms with Gasteiger partial charge in [0.2, 0.25) is 5.82 Å². The predicted molar refractivity (Wildman–Crippen MR) is 141 cm³/mol. The summed E-state index contributed by atoms with van der Waals surface area (Å²) in [6, 6.07) is 23.1. The van der Waals surface area contributed by atoms with Gasteiger partial charge in [-0.1, -0.05) is 69.7 Å². The molecule has 1 N–H and O–H groups in total. The quantitative estimate of drug-likeness (QED) is 0.272. The molecule has 36 heavy (non-hydrogen) atoms. The lowest BCUT2D eigenvalue weighted by Crippen LogP contribution is -2.08. The molecule has 3 aromatic heterocycles. The van der Waals surface area contributed by atoms with Gasteiger partial charge in [-0.05, 0) is 53.4 Å². The minimum atomic E-state index is 0.364. The van der Waals surface area contributed by atoms with Crippen LogP contribution in [0.1, 0.15) is 63.2 Å². The van der Waals surface area contributed by atoms with Crippen molar-refractivity contribution >= 4 is 0 Å². The van der Waals surface area contributed by atoms with E-state index in [-0.39, 0.29) is 0 Å². The number of nitrogens with one attached hydrogen (secondary N) is 1. The van der Waals surface area contributed by atoms with E-state index in [1.54, 1.807) is 0 Å². The van der Waals surface area contributed by atoms with Crippen molar-refractivity contribution in [1.29, 1.82) is 0 Å². The van der Waals surface area contributed by atoms with Crippen molar-refractivity contribution in [3.8, 4) is 28.5 Å². The van der Waals surface area contributed by atoms with Crippen LogP contribution < -0.4 is 0 Å². The Bertz CT molecular complexity index is 1380. The highest BCUT2D eigenvalue weighted by Gasteiger charge is 2.17. The van der Waals surface area contributed by atoms with Gasteiger partial charge in [-0.25, -0.2) is 9.67 Å². The van der Waals surface area contributed by atoms with Crippen molar-refractivity contribution < 1.29 is 0 Å². The van der Waals surface area contributed by atoms with Crippen LogP contribution in [0.3, 0.4) is 0 Å². The lowest BCUT2D eigenvalue weighted by molar-refractivity contribution is 0.602. The highest BCUT2D eigenvalue weighted by molar-refractivity contribution is 5.70. The van der Waals surface area contributed by atoms with Crippen molar-refractivity contribution in [3.05, 3.63) is 83.9 Å². The average Bonchev–Trinajstić information content (AvgIpc) is 3.68. The normalized spacial score (nSPS) is 12.2. The molecule has 0 saturated carbocycles. The molecule has 1 unspecified atom stereocenters. The minimum Gasteiger partial charge on any atom is -0.306 e. The van der Waals surface area contributed by atoms with Gasteiger partial charge in [-0.15, -0.1) is 10.2 Å². The minimum absolute atomic E-state index is 0.364. The van der Waals surface area contributed by atoms with Crippen LogP contribution in [0.2, 0.25) is 0 Å². The second kappa shape index (κ2) is 10.7. The summed E-state index contributed by atoms with van der Waals surface area (Å²) in [6.07, 6.45) is 4.25. The fourth-order valence-corrected chi connectivity index (χ4v) is 4.35. The Morgan fingerprint density at radius 3 is 2.39 bits per heavy atom. The van der Waals surface area contributed by atoms with E-state index in [4.69, 9.17) is 10.1 Å². The standard InChI is InChI=1S/C28H32N8/c1-4-6-12-26-29-27(20(3)5-2)32-35(26)19-21-13-15-23(16-14-21)36-24(22-10-8-7-9-11-22)17-18-25(36)28-30-33-34-31-28/h7-11,13-18,20H,4-6,12,19H2,1-3H3,(H,30,31,33,34). The smallest absolute Gasteiger partial charge is 0.221 e. The summed E-state index contributed by atoms with van der Waals surface area (Å²) < 4.78 is 4.26. The summed E-state index contributed by atoms with van der Waals surface area (Å²) >= 11 is 0. The fourth-order valence-electron chi connectivity index (χ4n) is 4.35. The van der Waals surface area contributed by atoms with Gasteiger partial charge in [0.15, 0.2) is 5.82 Å². The van der Waals surface area contributed by atoms with Crippen molar-refractivity contribution in [2.45, 2.75) is 58.9 Å². The summed E-state index contributed by atoms with van der Waals surface area (Å²) in [5.74, 6) is 2.95. The number of nitrogens with zero attached hydrogens (tertiary/aromatic N) is 7. The number of H-pyrrole nitrogens is 1. The van der Waals surface area contributed by atoms with Crippen LogP contribution in [0, 0.1) is 0 Å². The Kier molecular flexibility index (Phi) is 7.02. The summed E-state index contributed by atoms with van der Waals surface area (Å²) in [6.45, 7) is 7.30. The van der Waals surface area contributed by atoms with E-state index in [1.807, 2.05) is 24.3 Å². The summed E-state index contributed by atoms with van der Waals surface area (Å²) in [5, 5.41) is 19.7. The van der Waals surface area contributed by atoms with Crippen LogP contribution in [0.4, 0.5) is 0 Å². The van der Waals surface area contributed by atoms with Crippen molar-refractivity contribution in [2.75, 3.05) is 0 Å². The number of hydrogen-bond acceptors (Lipinski definition) is 5. The van der Waals surface area contributed by atoms with Crippen LogP contribution in [-0.2, 0) is 13.0 Å². The molecule has 0 radical (unpaired) electrons. The van der Waals surface area contributed by atoms with Crippen molar-refractivity contribution in [2.24, 2.45) is 0 Å². The summed E-state index contributed by atoms with van der Waals surface area (Å²) in [4.78, 5) is 4.88. The highest BCUT2D eigenvalue weighted by atomic mass is 15.5. The SMILES string of the molecule is CCCCc1nc(C(C)CC)nn1Cc1ccc(-n2c(-c3ccccc3)ccc2-c2nn[nH]n2)cc1. The molecule has 8 heteroatoms. The van der Waals surface area contributed by atoms with Crippen LogP contribution in [0.5, 0.6) is 0 Å². The maximum Gasteiger partial charge on any atom is 0.221 e. The van der Waals surface area contributed by atoms with Gasteiger partial charge in [0, 0.05) is 18.0 Å². The molecule has 0 fully saturated rings. The third-order valence-electron chi connectivity index (χ3n) is 6.62. The Balaban J connectivity index is 1.48. The van der Waals surface area contributed by atoms with Crippen LogP contribution >= 0.6 is 0 Å². The molecule has 1 atom stereocenters. The molecule has 0 bridgehead atoms. The predicted octanol–water partition coefficient (Wildman–Crippen LogP) is 5.82. The molecular weight excluding hydrogens is 448 g/mol. The highest BCUT2D eigenvalue weighted by Crippen LogP contribution is 2.31. The molecule has 0 aliphatic carbocycles. The molecule has 8 nitrogen and oxygen atoms in total. The Morgan fingerprint density at radius 1 is 0.917 bits per heavy atom. The van der Waals surface area contributed by atoms with Gasteiger partial charge >= 0.3 is 0 Å². The molecular formula is C28H32N8. The maximum atomic E-state index is 4.88. The number of unbranched alkanes of at least 4 members (excludes halogenated alkanes) is 1. The van der Waals surface area contributed by atoms with Gasteiger partial charge in [0.1, 0.15) is 5.82 Å². The van der Waals surface area contributed by atoms with Gasteiger partial charge in [0.25, 0.3) is 0 Å². The lowest BCUT2D eigenvalue weighted by atomic mass is 10.1. The van der Waals surface area contributed by atoms with E-state index in [0.717, 1.165) is 60.0 Å². The summed E-state index contributed by atoms with van der Waals surface area (Å²) in [5.41, 5.74) is 5.29. The van der Waals surface area contributed by atoms with E-state index in [0.29, 0.717) is 18.3 Å². The first-order valence-corrected chi connectivity index (χ1v) is 12.7. The van der Waals surface area contributed by atoms with E-state index >= 15 is 0 Å². The van der Waals surface area contributed by atoms with Gasteiger partial charge < -0.3 is 4.57 Å². The zero-order valence-corrected chi connectivity index (χ0v) is 21.1. The Morgan fingerprint density at radius 2 is 1.69 bits per heavy atom. The van der Waals surface area contributed by atoms with Crippen molar-refractivity contribution in [1.82, 2.24) is 40.0 Å². The molecule has 0 aliphatic heterocycles. The van der Waals surface area contributed by atoms with E-state index in [9.17, 15) is 0 Å². The van der Waals surface area contributed by atoms with Crippen LogP contribution in [0.15, 0.2) is 66.7 Å². The molecule has 5 rings (SSSR count). The molecule has 2 aromatic carbocycles. The first-order valence-electron chi connectivity index (χ1n) is 12.7. The third kappa shape index (κ3) is 4.84. The lowest BCUT2D eigenvalue weighted by Gasteiger charge is -2.14. The molecule has 0 saturated heterocycles. The number of tetrazole rings is 1. The second-order valence-electron chi connectivity index (χ2n) is 9.16. The summed E-state index contributed by atoms with van der Waals surface area (Å²) in [7, 11) is 0. The number of rotatable bonds is 10. The second-order valence-corrected chi connectivity index (χ2v) is 9.16. The topological polar surface area (TPSA) is 90.1 Å². The molecule has 5 aromatic rings. The number of aryl methyl sites for hydroxylation is 1. The van der Waals surface area contributed by atoms with Gasteiger partial charge in [0.05, 0.1) is 17.9 Å². The Hall–Kier alpha value is -4.07. The third-order valence-corrected chi connectivity index (χ3v) is 6.62. The van der Waals surface area contributed by atoms with E-state index < -0.39 is 0 Å². The first-order chi connectivity index (χ1) is 17.7. The average molecular weight is 481 g/mol. The van der Waals surface area contributed by atoms with Gasteiger partial charge in [-0.2, -0.15) is 10.3 Å². The number of aromatic amines is 1. The number of benzene rings is 2. The molecule has 0 aliphatic rings. The van der Waals surface area contributed by atoms with E-state index in [2.05, 4.69) is 93.1 Å². The first kappa shape index (κ1) is 23.7. The zero-order chi connectivity index (χ0) is 24.9. The zero-order valence-electron chi connectivity index (χ0n) is 21.1. The van der Waals surface area contributed by atoms with Crippen LogP contribution in [0.25, 0.3) is 28.5 Å². The Labute approximate surface area is 211 Å². The van der Waals surface area contributed by atoms with Crippen LogP contribution in [-0.4, -0.2) is 40.0 Å². The monoisotopic (exact) mass is 480 g/mol. The van der Waals surface area contributed by atoms with Gasteiger partial charge in [-0.3, -0.25) is 0 Å². The molecule has 3 heterocycles.